The molecule has 6 heteroatoms. The van der Waals surface area contributed by atoms with Gasteiger partial charge in [0.25, 0.3) is 0 Å². The molecule has 8 atom stereocenters. The summed E-state index contributed by atoms with van der Waals surface area (Å²) in [5.41, 5.74) is 4.20. The molecule has 2 aromatic rings. The van der Waals surface area contributed by atoms with Gasteiger partial charge in [0, 0.05) is 18.4 Å². The highest BCUT2D eigenvalue weighted by Gasteiger charge is 2.59. The first kappa shape index (κ1) is 35.5. The molecule has 264 valence electrons. The standard InChI is InChI=1S/C43H58N2O4/c1-7-40(46)30-11-14-32(15-12-30)44-45-33-16-18-34(19-17-33)48-41(47)49-35-23-25-42(5)31(27-35)13-20-36-38-22-21-37(29(4)10-8-9-28(2)3)43(38,6)26-24-39(36)42/h11-19,28-29,35-39H,7-10,20-27H2,1-6H3/t29-,35+,36+,37-,38+,39+,42+,43-/m1/s1. The lowest BCUT2D eigenvalue weighted by Crippen LogP contribution is -2.51. The van der Waals surface area contributed by atoms with Gasteiger partial charge in [0.2, 0.25) is 0 Å². The van der Waals surface area contributed by atoms with Crippen molar-refractivity contribution < 1.29 is 19.1 Å². The summed E-state index contributed by atoms with van der Waals surface area (Å²) in [7, 11) is 0. The minimum atomic E-state index is -0.646. The van der Waals surface area contributed by atoms with Crippen LogP contribution in [0.2, 0.25) is 0 Å². The lowest BCUT2D eigenvalue weighted by molar-refractivity contribution is -0.0597. The maximum Gasteiger partial charge on any atom is 0.514 e. The maximum atomic E-state index is 12.9. The number of ketones is 1. The summed E-state index contributed by atoms with van der Waals surface area (Å²) >= 11 is 0. The normalized spacial score (nSPS) is 31.4. The Bertz CT molecular complexity index is 1530. The lowest BCUT2D eigenvalue weighted by atomic mass is 9.47. The monoisotopic (exact) mass is 666 g/mol. The van der Waals surface area contributed by atoms with Crippen molar-refractivity contribution in [2.75, 3.05) is 0 Å². The van der Waals surface area contributed by atoms with Gasteiger partial charge in [-0.1, -0.05) is 72.5 Å². The fraction of sp³-hybridized carbons (Fsp3) is 0.628. The Hall–Kier alpha value is -3.28. The molecule has 0 heterocycles. The first-order chi connectivity index (χ1) is 23.5. The van der Waals surface area contributed by atoms with E-state index in [2.05, 4.69) is 50.9 Å². The van der Waals surface area contributed by atoms with Gasteiger partial charge in [-0.15, -0.1) is 0 Å². The van der Waals surface area contributed by atoms with Crippen LogP contribution in [0.1, 0.15) is 129 Å². The van der Waals surface area contributed by atoms with Crippen LogP contribution in [0.3, 0.4) is 0 Å². The van der Waals surface area contributed by atoms with E-state index in [1.807, 2.05) is 6.92 Å². The van der Waals surface area contributed by atoms with Crippen LogP contribution >= 0.6 is 0 Å². The van der Waals surface area contributed by atoms with Gasteiger partial charge >= 0.3 is 6.16 Å². The lowest BCUT2D eigenvalue weighted by Gasteiger charge is -2.58. The minimum Gasteiger partial charge on any atom is -0.430 e. The zero-order valence-electron chi connectivity index (χ0n) is 30.8. The molecule has 0 bridgehead atoms. The maximum absolute atomic E-state index is 12.9. The predicted octanol–water partition coefficient (Wildman–Crippen LogP) is 12.6. The number of hydrogen-bond donors (Lipinski definition) is 0. The van der Waals surface area contributed by atoms with Gasteiger partial charge in [0.05, 0.1) is 11.4 Å². The Kier molecular flexibility index (Phi) is 10.8. The molecule has 0 aliphatic heterocycles. The molecule has 0 N–H and O–H groups in total. The van der Waals surface area contributed by atoms with Gasteiger partial charge in [-0.25, -0.2) is 4.79 Å². The molecule has 0 unspecified atom stereocenters. The van der Waals surface area contributed by atoms with Gasteiger partial charge in [-0.2, -0.15) is 10.2 Å². The number of benzene rings is 2. The average molecular weight is 667 g/mol. The summed E-state index contributed by atoms with van der Waals surface area (Å²) < 4.78 is 11.5. The van der Waals surface area contributed by atoms with Crippen LogP contribution in [0.5, 0.6) is 5.75 Å². The van der Waals surface area contributed by atoms with Crippen molar-refractivity contribution in [2.45, 2.75) is 125 Å². The summed E-state index contributed by atoms with van der Waals surface area (Å²) in [5.74, 6) is 5.42. The number of Topliss-reactive ketones (excluding diaryl/α,β-unsaturated/α-hetero) is 1. The van der Waals surface area contributed by atoms with Crippen molar-refractivity contribution in [1.82, 2.24) is 0 Å². The average Bonchev–Trinajstić information content (AvgIpc) is 3.45. The molecule has 4 aliphatic carbocycles. The van der Waals surface area contributed by atoms with Crippen LogP contribution in [0.4, 0.5) is 16.2 Å². The van der Waals surface area contributed by atoms with Crippen molar-refractivity contribution in [3.63, 3.8) is 0 Å². The summed E-state index contributed by atoms with van der Waals surface area (Å²) in [5, 5.41) is 8.52. The number of fused-ring (bicyclic) bond motifs is 5. The van der Waals surface area contributed by atoms with E-state index in [4.69, 9.17) is 9.47 Å². The van der Waals surface area contributed by atoms with Crippen molar-refractivity contribution >= 4 is 23.3 Å². The minimum absolute atomic E-state index is 0.102. The highest BCUT2D eigenvalue weighted by molar-refractivity contribution is 5.96. The van der Waals surface area contributed by atoms with Crippen LogP contribution < -0.4 is 4.74 Å². The number of carbonyl (C=O) groups excluding carboxylic acids is 2. The molecule has 0 aromatic heterocycles. The third-order valence-corrected chi connectivity index (χ3v) is 13.4. The molecular formula is C43H58N2O4. The number of ether oxygens (including phenoxy) is 2. The largest absolute Gasteiger partial charge is 0.514 e. The second kappa shape index (κ2) is 14.9. The highest BCUT2D eigenvalue weighted by atomic mass is 16.7. The molecule has 49 heavy (non-hydrogen) atoms. The number of nitrogens with zero attached hydrogens (tertiary/aromatic N) is 2. The van der Waals surface area contributed by atoms with Crippen molar-refractivity contribution in [1.29, 1.82) is 0 Å². The number of azo groups is 1. The fourth-order valence-electron chi connectivity index (χ4n) is 10.6. The van der Waals surface area contributed by atoms with E-state index in [-0.39, 0.29) is 17.3 Å². The molecule has 6 rings (SSSR count). The third-order valence-electron chi connectivity index (χ3n) is 13.4. The Labute approximate surface area is 294 Å². The predicted molar refractivity (Wildman–Crippen MR) is 196 cm³/mol. The summed E-state index contributed by atoms with van der Waals surface area (Å²) in [6.07, 6.45) is 15.9. The number of hydrogen-bond acceptors (Lipinski definition) is 6. The number of carbonyl (C=O) groups is 2. The van der Waals surface area contributed by atoms with Crippen LogP contribution in [0, 0.1) is 46.3 Å². The zero-order valence-corrected chi connectivity index (χ0v) is 30.8. The van der Waals surface area contributed by atoms with Crippen molar-refractivity contribution in [3.8, 4) is 5.75 Å². The van der Waals surface area contributed by atoms with E-state index < -0.39 is 6.16 Å². The molecule has 3 fully saturated rings. The Morgan fingerprint density at radius 3 is 2.22 bits per heavy atom. The molecule has 6 nitrogen and oxygen atoms in total. The Balaban J connectivity index is 1.01. The van der Waals surface area contributed by atoms with Gasteiger partial charge in [-0.3, -0.25) is 4.79 Å². The van der Waals surface area contributed by atoms with Crippen LogP contribution in [0.25, 0.3) is 0 Å². The molecule has 0 amide bonds. The van der Waals surface area contributed by atoms with Crippen LogP contribution in [0.15, 0.2) is 70.4 Å². The van der Waals surface area contributed by atoms with E-state index >= 15 is 0 Å². The summed E-state index contributed by atoms with van der Waals surface area (Å²) in [6.45, 7) is 14.3. The van der Waals surface area contributed by atoms with Gasteiger partial charge in [0.1, 0.15) is 11.9 Å². The number of allylic oxidation sites excluding steroid dienone is 1. The second-order valence-corrected chi connectivity index (χ2v) is 16.6. The van der Waals surface area contributed by atoms with Crippen LogP contribution in [-0.4, -0.2) is 18.0 Å². The third kappa shape index (κ3) is 7.59. The molecule has 2 aromatic carbocycles. The Morgan fingerprint density at radius 2 is 1.55 bits per heavy atom. The first-order valence-electron chi connectivity index (χ1n) is 19.2. The molecule has 0 radical (unpaired) electrons. The SMILES string of the molecule is CCC(=O)c1ccc(N=Nc2ccc(OC(=O)O[C@H]3CC[C@@]4(C)C(=CC[C@H]5[C@@H]6CC[C@H]([C@H](C)CCCC(C)C)[C@@]6(C)CC[C@@H]54)C3)cc2)cc1. The second-order valence-electron chi connectivity index (χ2n) is 16.6. The van der Waals surface area contributed by atoms with Gasteiger partial charge < -0.3 is 9.47 Å². The van der Waals surface area contributed by atoms with Gasteiger partial charge in [0.15, 0.2) is 5.78 Å². The molecule has 3 saturated carbocycles. The number of rotatable bonds is 11. The van der Waals surface area contributed by atoms with E-state index in [1.165, 1.54) is 56.9 Å². The fourth-order valence-corrected chi connectivity index (χ4v) is 10.6. The molecule has 0 saturated heterocycles. The molecule has 0 spiro atoms. The van der Waals surface area contributed by atoms with E-state index in [9.17, 15) is 9.59 Å². The smallest absolute Gasteiger partial charge is 0.430 e. The van der Waals surface area contributed by atoms with Crippen molar-refractivity contribution in [3.05, 3.63) is 65.7 Å². The van der Waals surface area contributed by atoms with E-state index in [0.29, 0.717) is 34.5 Å². The summed E-state index contributed by atoms with van der Waals surface area (Å²) in [4.78, 5) is 24.7. The van der Waals surface area contributed by atoms with Crippen molar-refractivity contribution in [2.24, 2.45) is 56.6 Å². The van der Waals surface area contributed by atoms with E-state index in [0.717, 1.165) is 54.8 Å². The molecular weight excluding hydrogens is 608 g/mol. The molecule has 4 aliphatic rings. The summed E-state index contributed by atoms with van der Waals surface area (Å²) in [6, 6.07) is 14.0. The Morgan fingerprint density at radius 1 is 0.857 bits per heavy atom. The van der Waals surface area contributed by atoms with Crippen LogP contribution in [-0.2, 0) is 4.74 Å². The topological polar surface area (TPSA) is 77.3 Å². The van der Waals surface area contributed by atoms with Gasteiger partial charge in [-0.05, 0) is 140 Å². The first-order valence-corrected chi connectivity index (χ1v) is 19.2. The highest BCUT2D eigenvalue weighted by Crippen LogP contribution is 2.67. The zero-order chi connectivity index (χ0) is 34.8. The van der Waals surface area contributed by atoms with E-state index in [1.54, 1.807) is 48.5 Å². The quantitative estimate of drug-likeness (QED) is 0.0786.